The first-order valence-corrected chi connectivity index (χ1v) is 5.75. The summed E-state index contributed by atoms with van der Waals surface area (Å²) in [5, 5.41) is 23.5. The molecule has 2 rings (SSSR count). The van der Waals surface area contributed by atoms with Gasteiger partial charge < -0.3 is 10.4 Å². The molecule has 0 aliphatic heterocycles. The Balaban J connectivity index is 2.06. The van der Waals surface area contributed by atoms with Gasteiger partial charge in [-0.3, -0.25) is 10.1 Å². The molecule has 0 heterocycles. The van der Waals surface area contributed by atoms with Crippen molar-refractivity contribution in [2.75, 3.05) is 11.9 Å². The molecule has 0 bridgehead atoms. The second-order valence-corrected chi connectivity index (χ2v) is 4.56. The smallest absolute Gasteiger partial charge is 0.292 e. The minimum absolute atomic E-state index is 0.0630. The average Bonchev–Trinajstić information content (AvgIpc) is 3.10. The number of hydrogen-bond acceptors (Lipinski definition) is 4. The zero-order chi connectivity index (χ0) is 12.4. The molecule has 5 heteroatoms. The molecule has 0 saturated heterocycles. The number of nitro benzene ring substituents is 1. The van der Waals surface area contributed by atoms with Crippen LogP contribution in [0.3, 0.4) is 0 Å². The van der Waals surface area contributed by atoms with Crippen LogP contribution in [0.5, 0.6) is 0 Å². The van der Waals surface area contributed by atoms with Gasteiger partial charge in [-0.25, -0.2) is 0 Å². The zero-order valence-electron chi connectivity index (χ0n) is 9.72. The van der Waals surface area contributed by atoms with Gasteiger partial charge >= 0.3 is 0 Å². The number of nitrogens with one attached hydrogen (secondary N) is 1. The van der Waals surface area contributed by atoms with Crippen LogP contribution in [0.25, 0.3) is 0 Å². The SMILES string of the molecule is Cc1ccc(NCC(O)C2CC2)c([N+](=O)[O-])c1. The van der Waals surface area contributed by atoms with E-state index in [2.05, 4.69) is 5.32 Å². The molecule has 0 amide bonds. The molecule has 2 N–H and O–H groups in total. The summed E-state index contributed by atoms with van der Waals surface area (Å²) >= 11 is 0. The summed E-state index contributed by atoms with van der Waals surface area (Å²) < 4.78 is 0. The predicted octanol–water partition coefficient (Wildman–Crippen LogP) is 2.09. The lowest BCUT2D eigenvalue weighted by atomic mass is 10.2. The monoisotopic (exact) mass is 236 g/mol. The highest BCUT2D eigenvalue weighted by atomic mass is 16.6. The molecule has 1 aliphatic carbocycles. The van der Waals surface area contributed by atoms with E-state index < -0.39 is 11.0 Å². The van der Waals surface area contributed by atoms with Crippen molar-refractivity contribution in [1.82, 2.24) is 0 Å². The summed E-state index contributed by atoms with van der Waals surface area (Å²) in [7, 11) is 0. The molecule has 17 heavy (non-hydrogen) atoms. The van der Waals surface area contributed by atoms with Crippen LogP contribution in [0.2, 0.25) is 0 Å². The summed E-state index contributed by atoms with van der Waals surface area (Å²) in [6.45, 7) is 2.18. The Hall–Kier alpha value is -1.62. The fraction of sp³-hybridized carbons (Fsp3) is 0.500. The minimum atomic E-state index is -0.407. The van der Waals surface area contributed by atoms with E-state index in [-0.39, 0.29) is 5.69 Å². The van der Waals surface area contributed by atoms with Crippen LogP contribution in [-0.2, 0) is 0 Å². The van der Waals surface area contributed by atoms with Crippen LogP contribution in [0, 0.1) is 23.0 Å². The quantitative estimate of drug-likeness (QED) is 0.606. The summed E-state index contributed by atoms with van der Waals surface area (Å²) in [6, 6.07) is 5.04. The number of benzene rings is 1. The lowest BCUT2D eigenvalue weighted by Crippen LogP contribution is -2.21. The summed E-state index contributed by atoms with van der Waals surface area (Å²) in [4.78, 5) is 10.5. The zero-order valence-corrected chi connectivity index (χ0v) is 9.72. The van der Waals surface area contributed by atoms with E-state index in [1.807, 2.05) is 13.0 Å². The third-order valence-electron chi connectivity index (χ3n) is 3.02. The molecular weight excluding hydrogens is 220 g/mol. The van der Waals surface area contributed by atoms with E-state index in [0.29, 0.717) is 18.2 Å². The van der Waals surface area contributed by atoms with Crippen molar-refractivity contribution in [3.63, 3.8) is 0 Å². The molecule has 1 aromatic rings. The maximum absolute atomic E-state index is 10.9. The van der Waals surface area contributed by atoms with Crippen molar-refractivity contribution in [3.8, 4) is 0 Å². The fourth-order valence-electron chi connectivity index (χ4n) is 1.80. The highest BCUT2D eigenvalue weighted by Crippen LogP contribution is 2.33. The molecule has 1 fully saturated rings. The van der Waals surface area contributed by atoms with Gasteiger partial charge in [-0.1, -0.05) is 6.07 Å². The molecule has 1 saturated carbocycles. The third kappa shape index (κ3) is 2.94. The number of rotatable bonds is 5. The molecule has 1 unspecified atom stereocenters. The van der Waals surface area contributed by atoms with Crippen LogP contribution >= 0.6 is 0 Å². The second-order valence-electron chi connectivity index (χ2n) is 4.56. The van der Waals surface area contributed by atoms with Gasteiger partial charge in [0.25, 0.3) is 5.69 Å². The Morgan fingerprint density at radius 3 is 2.88 bits per heavy atom. The number of aliphatic hydroxyl groups excluding tert-OH is 1. The molecular formula is C12H16N2O3. The third-order valence-corrected chi connectivity index (χ3v) is 3.02. The van der Waals surface area contributed by atoms with Crippen LogP contribution < -0.4 is 5.32 Å². The highest BCUT2D eigenvalue weighted by molar-refractivity contribution is 5.62. The van der Waals surface area contributed by atoms with Gasteiger partial charge in [0.1, 0.15) is 5.69 Å². The van der Waals surface area contributed by atoms with Gasteiger partial charge in [0.15, 0.2) is 0 Å². The van der Waals surface area contributed by atoms with Crippen LogP contribution in [0.4, 0.5) is 11.4 Å². The summed E-state index contributed by atoms with van der Waals surface area (Å²) in [6.07, 6.45) is 1.70. The van der Waals surface area contributed by atoms with Gasteiger partial charge in [0, 0.05) is 12.6 Å². The Bertz CT molecular complexity index is 430. The Kier molecular flexibility index (Phi) is 3.28. The van der Waals surface area contributed by atoms with E-state index in [4.69, 9.17) is 0 Å². The van der Waals surface area contributed by atoms with Gasteiger partial charge in [-0.05, 0) is 37.3 Å². The minimum Gasteiger partial charge on any atom is -0.391 e. The van der Waals surface area contributed by atoms with Crippen molar-refractivity contribution < 1.29 is 10.0 Å². The lowest BCUT2D eigenvalue weighted by Gasteiger charge is -2.12. The second kappa shape index (κ2) is 4.71. The number of aryl methyl sites for hydroxylation is 1. The molecule has 1 aliphatic rings. The van der Waals surface area contributed by atoms with Crippen molar-refractivity contribution >= 4 is 11.4 Å². The predicted molar refractivity (Wildman–Crippen MR) is 65.1 cm³/mol. The van der Waals surface area contributed by atoms with E-state index in [9.17, 15) is 15.2 Å². The maximum atomic E-state index is 10.9. The molecule has 0 radical (unpaired) electrons. The van der Waals surface area contributed by atoms with E-state index in [1.165, 1.54) is 6.07 Å². The topological polar surface area (TPSA) is 75.4 Å². The van der Waals surface area contributed by atoms with Gasteiger partial charge in [0.05, 0.1) is 11.0 Å². The molecule has 1 aromatic carbocycles. The molecule has 0 spiro atoms. The number of nitro groups is 1. The highest BCUT2D eigenvalue weighted by Gasteiger charge is 2.29. The van der Waals surface area contributed by atoms with E-state index in [0.717, 1.165) is 18.4 Å². The largest absolute Gasteiger partial charge is 0.391 e. The first-order valence-electron chi connectivity index (χ1n) is 5.75. The number of nitrogens with zero attached hydrogens (tertiary/aromatic N) is 1. The number of anilines is 1. The summed E-state index contributed by atoms with van der Waals surface area (Å²) in [5.74, 6) is 0.368. The molecule has 92 valence electrons. The van der Waals surface area contributed by atoms with Crippen molar-refractivity contribution in [1.29, 1.82) is 0 Å². The van der Waals surface area contributed by atoms with Crippen LogP contribution in [-0.4, -0.2) is 22.7 Å². The Labute approximate surface area is 99.6 Å². The van der Waals surface area contributed by atoms with Gasteiger partial charge in [-0.15, -0.1) is 0 Å². The van der Waals surface area contributed by atoms with Crippen molar-refractivity contribution in [3.05, 3.63) is 33.9 Å². The first kappa shape index (κ1) is 11.9. The van der Waals surface area contributed by atoms with E-state index in [1.54, 1.807) is 6.07 Å². The summed E-state index contributed by atoms with van der Waals surface area (Å²) in [5.41, 5.74) is 1.39. The Morgan fingerprint density at radius 2 is 2.29 bits per heavy atom. The van der Waals surface area contributed by atoms with Crippen LogP contribution in [0.1, 0.15) is 18.4 Å². The molecule has 1 atom stereocenters. The van der Waals surface area contributed by atoms with Gasteiger partial charge in [-0.2, -0.15) is 0 Å². The van der Waals surface area contributed by atoms with Crippen molar-refractivity contribution in [2.45, 2.75) is 25.9 Å². The number of hydrogen-bond donors (Lipinski definition) is 2. The Morgan fingerprint density at radius 1 is 1.59 bits per heavy atom. The number of aliphatic hydroxyl groups is 1. The van der Waals surface area contributed by atoms with E-state index >= 15 is 0 Å². The molecule has 5 nitrogen and oxygen atoms in total. The van der Waals surface area contributed by atoms with Gasteiger partial charge in [0.2, 0.25) is 0 Å². The molecule has 0 aromatic heterocycles. The van der Waals surface area contributed by atoms with Crippen LogP contribution in [0.15, 0.2) is 18.2 Å². The first-order chi connectivity index (χ1) is 8.08. The average molecular weight is 236 g/mol. The fourth-order valence-corrected chi connectivity index (χ4v) is 1.80. The maximum Gasteiger partial charge on any atom is 0.292 e. The van der Waals surface area contributed by atoms with Crippen molar-refractivity contribution in [2.24, 2.45) is 5.92 Å². The standard InChI is InChI=1S/C12H16N2O3/c1-8-2-5-10(11(6-8)14(16)17)13-7-12(15)9-3-4-9/h2,5-6,9,12-13,15H,3-4,7H2,1H3. The normalized spacial score (nSPS) is 16.6. The lowest BCUT2D eigenvalue weighted by molar-refractivity contribution is -0.384.